The Bertz CT molecular complexity index is 708. The molecule has 1 aromatic carbocycles. The Labute approximate surface area is 166 Å². The molecule has 28 heavy (non-hydrogen) atoms. The molecular formula is C22H30N2O4. The highest BCUT2D eigenvalue weighted by molar-refractivity contribution is 5.83. The number of carbonyl (C=O) groups excluding carboxylic acids is 2. The van der Waals surface area contributed by atoms with E-state index in [0.29, 0.717) is 50.3 Å². The summed E-state index contributed by atoms with van der Waals surface area (Å²) in [5.41, 5.74) is 0.958. The van der Waals surface area contributed by atoms with E-state index in [1.54, 1.807) is 7.11 Å². The van der Waals surface area contributed by atoms with Gasteiger partial charge < -0.3 is 19.3 Å². The lowest BCUT2D eigenvalue weighted by atomic mass is 9.93. The largest absolute Gasteiger partial charge is 0.497 e. The van der Waals surface area contributed by atoms with Crippen LogP contribution in [0.5, 0.6) is 5.75 Å². The first kappa shape index (κ1) is 19.2. The Hall–Kier alpha value is -2.08. The van der Waals surface area contributed by atoms with Gasteiger partial charge in [-0.15, -0.1) is 0 Å². The molecule has 0 unspecified atom stereocenters. The number of methoxy groups -OCH3 is 1. The predicted molar refractivity (Wildman–Crippen MR) is 105 cm³/mol. The number of hydrogen-bond acceptors (Lipinski definition) is 4. The van der Waals surface area contributed by atoms with Crippen molar-refractivity contribution in [2.75, 3.05) is 46.5 Å². The zero-order chi connectivity index (χ0) is 19.5. The Morgan fingerprint density at radius 3 is 2.54 bits per heavy atom. The van der Waals surface area contributed by atoms with Crippen molar-refractivity contribution < 1.29 is 19.1 Å². The second kappa shape index (κ2) is 8.52. The smallest absolute Gasteiger partial charge is 0.227 e. The maximum atomic E-state index is 12.8. The van der Waals surface area contributed by atoms with Crippen molar-refractivity contribution in [3.05, 3.63) is 29.8 Å². The maximum absolute atomic E-state index is 12.8. The average Bonchev–Trinajstić information content (AvgIpc) is 3.55. The van der Waals surface area contributed by atoms with Gasteiger partial charge in [-0.25, -0.2) is 0 Å². The van der Waals surface area contributed by atoms with Gasteiger partial charge in [-0.05, 0) is 48.8 Å². The van der Waals surface area contributed by atoms with E-state index in [4.69, 9.17) is 9.47 Å². The molecule has 2 aliphatic heterocycles. The minimum atomic E-state index is 0.117. The van der Waals surface area contributed by atoms with E-state index >= 15 is 0 Å². The van der Waals surface area contributed by atoms with Crippen LogP contribution in [0.4, 0.5) is 0 Å². The second-order valence-corrected chi connectivity index (χ2v) is 8.19. The fraction of sp³-hybridized carbons (Fsp3) is 0.636. The van der Waals surface area contributed by atoms with E-state index in [-0.39, 0.29) is 11.8 Å². The quantitative estimate of drug-likeness (QED) is 0.776. The van der Waals surface area contributed by atoms with Crippen LogP contribution in [0, 0.1) is 17.8 Å². The summed E-state index contributed by atoms with van der Waals surface area (Å²) in [5, 5.41) is 0. The molecule has 4 rings (SSSR count). The molecule has 2 atom stereocenters. The Kier molecular flexibility index (Phi) is 5.85. The maximum Gasteiger partial charge on any atom is 0.227 e. The topological polar surface area (TPSA) is 59.1 Å². The summed E-state index contributed by atoms with van der Waals surface area (Å²) in [5.74, 6) is 2.62. The van der Waals surface area contributed by atoms with Crippen molar-refractivity contribution in [2.45, 2.75) is 25.7 Å². The van der Waals surface area contributed by atoms with Crippen LogP contribution in [0.15, 0.2) is 24.3 Å². The first-order chi connectivity index (χ1) is 13.7. The molecule has 0 N–H and O–H groups in total. The lowest BCUT2D eigenvalue weighted by molar-refractivity contribution is -0.140. The third-order valence-corrected chi connectivity index (χ3v) is 6.46. The monoisotopic (exact) mass is 386 g/mol. The van der Waals surface area contributed by atoms with Gasteiger partial charge in [-0.1, -0.05) is 12.1 Å². The molecule has 3 fully saturated rings. The molecule has 2 heterocycles. The summed E-state index contributed by atoms with van der Waals surface area (Å²) in [7, 11) is 1.63. The van der Waals surface area contributed by atoms with Crippen LogP contribution in [0.25, 0.3) is 0 Å². The SMILES string of the molecule is COc1cccc(CC(=O)N2CCN(C(=O)[C@@H]3C[C@H]3C3CCOCC3)CC2)c1. The first-order valence-corrected chi connectivity index (χ1v) is 10.4. The van der Waals surface area contributed by atoms with Crippen LogP contribution >= 0.6 is 0 Å². The van der Waals surface area contributed by atoms with Crippen LogP contribution in [0.3, 0.4) is 0 Å². The molecular weight excluding hydrogens is 356 g/mol. The van der Waals surface area contributed by atoms with E-state index in [0.717, 1.165) is 43.8 Å². The van der Waals surface area contributed by atoms with Crippen molar-refractivity contribution in [3.63, 3.8) is 0 Å². The summed E-state index contributed by atoms with van der Waals surface area (Å²) < 4.78 is 10.7. The Morgan fingerprint density at radius 1 is 1.11 bits per heavy atom. The van der Waals surface area contributed by atoms with Gasteiger partial charge in [0.1, 0.15) is 5.75 Å². The molecule has 1 saturated carbocycles. The van der Waals surface area contributed by atoms with Crippen molar-refractivity contribution in [3.8, 4) is 5.75 Å². The van der Waals surface area contributed by atoms with Gasteiger partial charge >= 0.3 is 0 Å². The Morgan fingerprint density at radius 2 is 1.82 bits per heavy atom. The third kappa shape index (κ3) is 4.32. The van der Waals surface area contributed by atoms with E-state index in [1.165, 1.54) is 0 Å². The van der Waals surface area contributed by atoms with E-state index in [1.807, 2.05) is 34.1 Å². The van der Waals surface area contributed by atoms with Gasteiger partial charge in [-0.2, -0.15) is 0 Å². The minimum Gasteiger partial charge on any atom is -0.497 e. The number of hydrogen-bond donors (Lipinski definition) is 0. The molecule has 6 heteroatoms. The van der Waals surface area contributed by atoms with Gasteiger partial charge in [0.2, 0.25) is 11.8 Å². The summed E-state index contributed by atoms with van der Waals surface area (Å²) in [6, 6.07) is 7.64. The number of piperazine rings is 1. The molecule has 0 radical (unpaired) electrons. The van der Waals surface area contributed by atoms with Crippen molar-refractivity contribution in [2.24, 2.45) is 17.8 Å². The van der Waals surface area contributed by atoms with Crippen LogP contribution in [0.1, 0.15) is 24.8 Å². The lowest BCUT2D eigenvalue weighted by Crippen LogP contribution is -2.51. The summed E-state index contributed by atoms with van der Waals surface area (Å²) in [6.45, 7) is 4.25. The number of benzene rings is 1. The first-order valence-electron chi connectivity index (χ1n) is 10.4. The van der Waals surface area contributed by atoms with Crippen LogP contribution in [-0.2, 0) is 20.7 Å². The summed E-state index contributed by atoms with van der Waals surface area (Å²) in [6.07, 6.45) is 3.61. The number of ether oxygens (including phenoxy) is 2. The summed E-state index contributed by atoms with van der Waals surface area (Å²) >= 11 is 0. The zero-order valence-electron chi connectivity index (χ0n) is 16.6. The summed E-state index contributed by atoms with van der Waals surface area (Å²) in [4.78, 5) is 29.3. The highest BCUT2D eigenvalue weighted by Crippen LogP contribution is 2.48. The normalized spacial score (nSPS) is 25.5. The van der Waals surface area contributed by atoms with Gasteiger partial charge in [0.15, 0.2) is 0 Å². The zero-order valence-corrected chi connectivity index (χ0v) is 16.6. The number of rotatable bonds is 5. The number of nitrogens with zero attached hydrogens (tertiary/aromatic N) is 2. The standard InChI is InChI=1S/C22H30N2O4/c1-27-18-4-2-3-16(13-18)14-21(25)23-7-9-24(10-8-23)22(26)20-15-19(20)17-5-11-28-12-6-17/h2-4,13,17,19-20H,5-12,14-15H2,1H3/t19-,20+/m0/s1. The molecule has 6 nitrogen and oxygen atoms in total. The van der Waals surface area contributed by atoms with Crippen LogP contribution in [-0.4, -0.2) is 68.1 Å². The third-order valence-electron chi connectivity index (χ3n) is 6.46. The molecule has 2 saturated heterocycles. The van der Waals surface area contributed by atoms with E-state index < -0.39 is 0 Å². The van der Waals surface area contributed by atoms with Crippen LogP contribution < -0.4 is 4.74 Å². The minimum absolute atomic E-state index is 0.117. The molecule has 0 spiro atoms. The molecule has 152 valence electrons. The highest BCUT2D eigenvalue weighted by Gasteiger charge is 2.49. The van der Waals surface area contributed by atoms with Gasteiger partial charge in [0.05, 0.1) is 13.5 Å². The molecule has 1 aliphatic carbocycles. The number of carbonyl (C=O) groups is 2. The van der Waals surface area contributed by atoms with E-state index in [2.05, 4.69) is 0 Å². The van der Waals surface area contributed by atoms with Gasteiger partial charge in [-0.3, -0.25) is 9.59 Å². The van der Waals surface area contributed by atoms with Crippen LogP contribution in [0.2, 0.25) is 0 Å². The van der Waals surface area contributed by atoms with Gasteiger partial charge in [0.25, 0.3) is 0 Å². The highest BCUT2D eigenvalue weighted by atomic mass is 16.5. The fourth-order valence-corrected chi connectivity index (χ4v) is 4.64. The molecule has 0 bridgehead atoms. The molecule has 3 aliphatic rings. The lowest BCUT2D eigenvalue weighted by Gasteiger charge is -2.35. The van der Waals surface area contributed by atoms with Crippen molar-refractivity contribution in [1.82, 2.24) is 9.80 Å². The molecule has 1 aromatic rings. The second-order valence-electron chi connectivity index (χ2n) is 8.19. The molecule has 0 aromatic heterocycles. The predicted octanol–water partition coefficient (Wildman–Crippen LogP) is 1.97. The fourth-order valence-electron chi connectivity index (χ4n) is 4.64. The van der Waals surface area contributed by atoms with E-state index in [9.17, 15) is 9.59 Å². The Balaban J connectivity index is 1.24. The average molecular weight is 386 g/mol. The van der Waals surface area contributed by atoms with Gasteiger partial charge in [0, 0.05) is 45.3 Å². The van der Waals surface area contributed by atoms with Crippen molar-refractivity contribution in [1.29, 1.82) is 0 Å². The van der Waals surface area contributed by atoms with Crippen molar-refractivity contribution >= 4 is 11.8 Å². The number of amides is 2. The molecule has 2 amide bonds.